The molecule has 38 valence electrons. The van der Waals surface area contributed by atoms with Crippen LogP contribution in [0.1, 0.15) is 20.8 Å². The zero-order chi connectivity index (χ0) is 5.21. The predicted molar refractivity (Wildman–Crippen MR) is 36.9 cm³/mol. The number of nitrogens with one attached hydrogen (secondary N) is 1. The largest absolute Gasteiger partial charge is 0.256 e. The highest BCUT2D eigenvalue weighted by atomic mass is 127. The van der Waals surface area contributed by atoms with Crippen LogP contribution in [0, 0.1) is 0 Å². The molecule has 0 aromatic rings. The lowest BCUT2D eigenvalue weighted by molar-refractivity contribution is 0.551. The Morgan fingerprint density at radius 3 is 1.50 bits per heavy atom. The summed E-state index contributed by atoms with van der Waals surface area (Å²) >= 11 is 2.14. The van der Waals surface area contributed by atoms with Crippen molar-refractivity contribution in [2.45, 2.75) is 26.3 Å². The molecule has 0 saturated heterocycles. The highest BCUT2D eigenvalue weighted by Crippen LogP contribution is 1.99. The molecule has 0 amide bonds. The van der Waals surface area contributed by atoms with Crippen LogP contribution in [0.15, 0.2) is 0 Å². The first-order valence-corrected chi connectivity index (χ1v) is 3.02. The van der Waals surface area contributed by atoms with E-state index >= 15 is 0 Å². The van der Waals surface area contributed by atoms with E-state index in [1.54, 1.807) is 0 Å². The van der Waals surface area contributed by atoms with E-state index in [1.807, 2.05) is 0 Å². The first-order valence-electron chi connectivity index (χ1n) is 1.94. The van der Waals surface area contributed by atoms with Crippen molar-refractivity contribution in [3.8, 4) is 0 Å². The number of hydrogen-bond donors (Lipinski definition) is 1. The van der Waals surface area contributed by atoms with Gasteiger partial charge in [-0.05, 0) is 20.8 Å². The molecule has 0 radical (unpaired) electrons. The molecule has 0 heterocycles. The van der Waals surface area contributed by atoms with Crippen molar-refractivity contribution < 1.29 is 0 Å². The van der Waals surface area contributed by atoms with E-state index in [4.69, 9.17) is 0 Å². The van der Waals surface area contributed by atoms with E-state index in [-0.39, 0.29) is 5.54 Å². The summed E-state index contributed by atoms with van der Waals surface area (Å²) in [7, 11) is 0. The summed E-state index contributed by atoms with van der Waals surface area (Å²) in [5, 5.41) is 0. The summed E-state index contributed by atoms with van der Waals surface area (Å²) < 4.78 is 3.07. The van der Waals surface area contributed by atoms with E-state index in [1.165, 1.54) is 0 Å². The molecular formula is C4H10IN. The molecule has 0 aliphatic rings. The predicted octanol–water partition coefficient (Wildman–Crippen LogP) is 1.72. The summed E-state index contributed by atoms with van der Waals surface area (Å²) in [4.78, 5) is 0. The Labute approximate surface area is 53.0 Å². The van der Waals surface area contributed by atoms with Gasteiger partial charge in [0.05, 0.1) is 0 Å². The maximum absolute atomic E-state index is 3.07. The van der Waals surface area contributed by atoms with Crippen molar-refractivity contribution >= 4 is 22.9 Å². The van der Waals surface area contributed by atoms with E-state index in [9.17, 15) is 0 Å². The van der Waals surface area contributed by atoms with Gasteiger partial charge in [-0.25, -0.2) is 0 Å². The van der Waals surface area contributed by atoms with Crippen LogP contribution < -0.4 is 3.53 Å². The Bertz CT molecular complexity index is 37.3. The number of rotatable bonds is 0. The fraction of sp³-hybridized carbons (Fsp3) is 1.00. The summed E-state index contributed by atoms with van der Waals surface area (Å²) in [5.74, 6) is 0. The average molecular weight is 199 g/mol. The third-order valence-corrected chi connectivity index (χ3v) is 1.90. The van der Waals surface area contributed by atoms with Crippen molar-refractivity contribution in [3.63, 3.8) is 0 Å². The standard InChI is InChI=1S/C4H10IN/c1-4(2,3)6-5/h6H,1-3H3. The Balaban J connectivity index is 3.17. The monoisotopic (exact) mass is 199 g/mol. The van der Waals surface area contributed by atoms with Crippen LogP contribution in [0.4, 0.5) is 0 Å². The first-order chi connectivity index (χ1) is 2.56. The quantitative estimate of drug-likeness (QED) is 0.462. The van der Waals surface area contributed by atoms with Crippen LogP contribution in [-0.2, 0) is 0 Å². The fourth-order valence-corrected chi connectivity index (χ4v) is 0. The Morgan fingerprint density at radius 2 is 1.50 bits per heavy atom. The maximum atomic E-state index is 3.07. The topological polar surface area (TPSA) is 12.0 Å². The van der Waals surface area contributed by atoms with Gasteiger partial charge in [-0.2, -0.15) is 0 Å². The average Bonchev–Trinajstić information content (AvgIpc) is 1.35. The molecule has 0 spiro atoms. The van der Waals surface area contributed by atoms with Gasteiger partial charge in [0.1, 0.15) is 0 Å². The molecule has 0 aliphatic carbocycles. The van der Waals surface area contributed by atoms with Crippen LogP contribution in [0.2, 0.25) is 0 Å². The van der Waals surface area contributed by atoms with Crippen molar-refractivity contribution in [1.82, 2.24) is 3.53 Å². The van der Waals surface area contributed by atoms with Crippen molar-refractivity contribution in [3.05, 3.63) is 0 Å². The SMILES string of the molecule is CC(C)(C)NI. The second-order valence-corrected chi connectivity index (χ2v) is 2.88. The van der Waals surface area contributed by atoms with Gasteiger partial charge in [0.2, 0.25) is 0 Å². The lowest BCUT2D eigenvalue weighted by Gasteiger charge is -2.13. The molecule has 0 fully saturated rings. The lowest BCUT2D eigenvalue weighted by atomic mass is 10.1. The molecule has 0 unspecified atom stereocenters. The zero-order valence-electron chi connectivity index (χ0n) is 4.38. The van der Waals surface area contributed by atoms with E-state index in [2.05, 4.69) is 47.2 Å². The first kappa shape index (κ1) is 6.69. The number of hydrogen-bond acceptors (Lipinski definition) is 1. The molecule has 2 heteroatoms. The Morgan fingerprint density at radius 1 is 1.33 bits per heavy atom. The summed E-state index contributed by atoms with van der Waals surface area (Å²) in [6.07, 6.45) is 0. The second-order valence-electron chi connectivity index (χ2n) is 2.34. The summed E-state index contributed by atoms with van der Waals surface area (Å²) in [6, 6.07) is 0. The minimum Gasteiger partial charge on any atom is -0.256 e. The van der Waals surface area contributed by atoms with Crippen molar-refractivity contribution in [2.75, 3.05) is 0 Å². The molecule has 0 aliphatic heterocycles. The molecule has 0 saturated carbocycles. The van der Waals surface area contributed by atoms with Gasteiger partial charge in [0.25, 0.3) is 0 Å². The Hall–Kier alpha value is 0.690. The second kappa shape index (κ2) is 2.12. The molecule has 0 atom stereocenters. The van der Waals surface area contributed by atoms with Crippen LogP contribution in [-0.4, -0.2) is 5.54 Å². The van der Waals surface area contributed by atoms with Crippen LogP contribution in [0.5, 0.6) is 0 Å². The smallest absolute Gasteiger partial charge is 0.0190 e. The molecule has 0 aromatic carbocycles. The van der Waals surface area contributed by atoms with Gasteiger partial charge in [-0.15, -0.1) is 0 Å². The molecule has 0 rings (SSSR count). The molecule has 1 N–H and O–H groups in total. The van der Waals surface area contributed by atoms with Gasteiger partial charge in [-0.1, -0.05) is 0 Å². The van der Waals surface area contributed by atoms with Crippen LogP contribution >= 0.6 is 22.9 Å². The van der Waals surface area contributed by atoms with Gasteiger partial charge in [0.15, 0.2) is 0 Å². The van der Waals surface area contributed by atoms with Crippen molar-refractivity contribution in [2.24, 2.45) is 0 Å². The third kappa shape index (κ3) is 4.69. The van der Waals surface area contributed by atoms with E-state index in [0.29, 0.717) is 0 Å². The summed E-state index contributed by atoms with van der Waals surface area (Å²) in [6.45, 7) is 6.37. The maximum Gasteiger partial charge on any atom is 0.0190 e. The normalized spacial score (nSPS) is 12.0. The zero-order valence-corrected chi connectivity index (χ0v) is 6.54. The Kier molecular flexibility index (Phi) is 2.36. The molecule has 0 bridgehead atoms. The molecule has 6 heavy (non-hydrogen) atoms. The van der Waals surface area contributed by atoms with E-state index < -0.39 is 0 Å². The fourth-order valence-electron chi connectivity index (χ4n) is 0. The summed E-state index contributed by atoms with van der Waals surface area (Å²) in [5.41, 5.74) is 0.278. The lowest BCUT2D eigenvalue weighted by Crippen LogP contribution is -2.26. The van der Waals surface area contributed by atoms with Crippen molar-refractivity contribution in [1.29, 1.82) is 0 Å². The minimum absolute atomic E-state index is 0.278. The van der Waals surface area contributed by atoms with E-state index in [0.717, 1.165) is 0 Å². The third-order valence-electron chi connectivity index (χ3n) is 0.283. The van der Waals surface area contributed by atoms with Gasteiger partial charge in [-0.3, -0.25) is 3.53 Å². The highest BCUT2D eigenvalue weighted by Gasteiger charge is 2.03. The van der Waals surface area contributed by atoms with Gasteiger partial charge in [0, 0.05) is 28.4 Å². The molecule has 1 nitrogen and oxygen atoms in total. The van der Waals surface area contributed by atoms with Crippen LogP contribution in [0.3, 0.4) is 0 Å². The van der Waals surface area contributed by atoms with Gasteiger partial charge >= 0.3 is 0 Å². The minimum atomic E-state index is 0.278. The van der Waals surface area contributed by atoms with Gasteiger partial charge < -0.3 is 0 Å². The molecular weight excluding hydrogens is 189 g/mol. The number of halogens is 1. The molecule has 0 aromatic heterocycles. The highest BCUT2D eigenvalue weighted by molar-refractivity contribution is 14.1. The van der Waals surface area contributed by atoms with Crippen LogP contribution in [0.25, 0.3) is 0 Å².